The van der Waals surface area contributed by atoms with Gasteiger partial charge in [-0.15, -0.1) is 0 Å². The molecule has 18 heavy (non-hydrogen) atoms. The zero-order chi connectivity index (χ0) is 14.3. The lowest BCUT2D eigenvalue weighted by Gasteiger charge is -2.35. The molecule has 0 aromatic rings. The predicted molar refractivity (Wildman–Crippen MR) is 77.5 cm³/mol. The first-order valence-corrected chi connectivity index (χ1v) is 7.08. The van der Waals surface area contributed by atoms with Crippen molar-refractivity contribution in [3.63, 3.8) is 0 Å². The monoisotopic (exact) mass is 257 g/mol. The van der Waals surface area contributed by atoms with E-state index < -0.39 is 0 Å². The molecule has 0 aromatic heterocycles. The Kier molecular flexibility index (Phi) is 8.20. The quantitative estimate of drug-likeness (QED) is 0.718. The molecule has 0 aromatic carbocycles. The maximum Gasteiger partial charge on any atom is 0.224 e. The molecule has 1 amide bonds. The van der Waals surface area contributed by atoms with Gasteiger partial charge < -0.3 is 10.6 Å². The summed E-state index contributed by atoms with van der Waals surface area (Å²) in [7, 11) is 2.07. The van der Waals surface area contributed by atoms with Crippen LogP contribution in [0.5, 0.6) is 0 Å². The van der Waals surface area contributed by atoms with E-state index in [0.717, 1.165) is 13.1 Å². The molecule has 0 bridgehead atoms. The highest BCUT2D eigenvalue weighted by atomic mass is 16.2. The topological polar surface area (TPSA) is 49.6 Å². The van der Waals surface area contributed by atoms with Crippen molar-refractivity contribution < 1.29 is 4.79 Å². The number of nitrogens with two attached hydrogens (primary N) is 1. The Bertz CT molecular complexity index is 239. The molecule has 0 aliphatic heterocycles. The first-order valence-electron chi connectivity index (χ1n) is 7.08. The molecule has 0 aliphatic carbocycles. The van der Waals surface area contributed by atoms with Gasteiger partial charge >= 0.3 is 0 Å². The number of rotatable bonds is 8. The Labute approximate surface area is 113 Å². The van der Waals surface area contributed by atoms with Gasteiger partial charge in [-0.3, -0.25) is 9.69 Å². The number of hydrogen-bond donors (Lipinski definition) is 1. The fraction of sp³-hybridized carbons (Fsp3) is 0.929. The van der Waals surface area contributed by atoms with Crippen molar-refractivity contribution in [2.45, 2.75) is 53.1 Å². The lowest BCUT2D eigenvalue weighted by Crippen LogP contribution is -2.48. The van der Waals surface area contributed by atoms with E-state index in [1.165, 1.54) is 0 Å². The van der Waals surface area contributed by atoms with Crippen LogP contribution in [0.25, 0.3) is 0 Å². The number of amides is 1. The minimum Gasteiger partial charge on any atom is -0.343 e. The second kappa shape index (κ2) is 8.48. The zero-order valence-corrected chi connectivity index (χ0v) is 12.9. The van der Waals surface area contributed by atoms with Gasteiger partial charge in [0.2, 0.25) is 5.91 Å². The van der Waals surface area contributed by atoms with E-state index in [1.807, 2.05) is 18.7 Å². The van der Waals surface area contributed by atoms with E-state index in [9.17, 15) is 4.79 Å². The van der Waals surface area contributed by atoms with Crippen molar-refractivity contribution in [1.29, 1.82) is 0 Å². The van der Waals surface area contributed by atoms with Gasteiger partial charge in [0.05, 0.1) is 0 Å². The van der Waals surface area contributed by atoms with Crippen molar-refractivity contribution in [2.75, 3.05) is 26.7 Å². The highest BCUT2D eigenvalue weighted by Crippen LogP contribution is 2.14. The van der Waals surface area contributed by atoms with Crippen LogP contribution in [0, 0.1) is 5.92 Å². The summed E-state index contributed by atoms with van der Waals surface area (Å²) in [5, 5.41) is 0. The minimum absolute atomic E-state index is 0.135. The Balaban J connectivity index is 4.55. The maximum absolute atomic E-state index is 12.1. The summed E-state index contributed by atoms with van der Waals surface area (Å²) in [6.45, 7) is 12.7. The summed E-state index contributed by atoms with van der Waals surface area (Å²) < 4.78 is 0. The largest absolute Gasteiger partial charge is 0.343 e. The average molecular weight is 257 g/mol. The van der Waals surface area contributed by atoms with E-state index in [0.29, 0.717) is 24.9 Å². The van der Waals surface area contributed by atoms with Crippen LogP contribution in [0.4, 0.5) is 0 Å². The zero-order valence-electron chi connectivity index (χ0n) is 12.9. The third kappa shape index (κ3) is 4.94. The molecule has 2 N–H and O–H groups in total. The molecule has 4 heteroatoms. The maximum atomic E-state index is 12.1. The van der Waals surface area contributed by atoms with Crippen LogP contribution >= 0.6 is 0 Å². The van der Waals surface area contributed by atoms with Crippen molar-refractivity contribution in [2.24, 2.45) is 11.7 Å². The molecule has 0 saturated heterocycles. The first-order chi connectivity index (χ1) is 8.38. The third-order valence-electron chi connectivity index (χ3n) is 3.98. The molecule has 0 rings (SSSR count). The summed E-state index contributed by atoms with van der Waals surface area (Å²) in [5.41, 5.74) is 5.83. The van der Waals surface area contributed by atoms with Crippen molar-refractivity contribution in [3.8, 4) is 0 Å². The molecule has 0 fully saturated rings. The third-order valence-corrected chi connectivity index (χ3v) is 3.98. The van der Waals surface area contributed by atoms with Gasteiger partial charge in [-0.25, -0.2) is 0 Å². The molecule has 0 aliphatic rings. The summed E-state index contributed by atoms with van der Waals surface area (Å²) in [5.74, 6) is 0.769. The van der Waals surface area contributed by atoms with Gasteiger partial charge in [0, 0.05) is 38.1 Å². The molecular formula is C14H31N3O. The number of nitrogens with zero attached hydrogens (tertiary/aromatic N) is 2. The van der Waals surface area contributed by atoms with Gasteiger partial charge in [-0.2, -0.15) is 0 Å². The van der Waals surface area contributed by atoms with Crippen LogP contribution in [0.15, 0.2) is 0 Å². The molecule has 0 heterocycles. The van der Waals surface area contributed by atoms with Crippen molar-refractivity contribution >= 4 is 5.91 Å². The standard InChI is InChI=1S/C14H31N3O/c1-7-17(8-2)14(18)9-13(10-15)16(6)12(5)11(3)4/h11-13H,7-10,15H2,1-6H3. The highest BCUT2D eigenvalue weighted by Gasteiger charge is 2.24. The summed E-state index contributed by atoms with van der Waals surface area (Å²) in [6.07, 6.45) is 0.520. The van der Waals surface area contributed by atoms with Gasteiger partial charge in [0.25, 0.3) is 0 Å². The van der Waals surface area contributed by atoms with E-state index in [4.69, 9.17) is 5.73 Å². The van der Waals surface area contributed by atoms with Gasteiger partial charge in [-0.05, 0) is 33.7 Å². The van der Waals surface area contributed by atoms with E-state index in [-0.39, 0.29) is 11.9 Å². The lowest BCUT2D eigenvalue weighted by molar-refractivity contribution is -0.132. The van der Waals surface area contributed by atoms with Crippen molar-refractivity contribution in [3.05, 3.63) is 0 Å². The van der Waals surface area contributed by atoms with Crippen molar-refractivity contribution in [1.82, 2.24) is 9.80 Å². The smallest absolute Gasteiger partial charge is 0.224 e. The molecular weight excluding hydrogens is 226 g/mol. The van der Waals surface area contributed by atoms with Crippen LogP contribution in [-0.2, 0) is 4.79 Å². The van der Waals surface area contributed by atoms with Crippen LogP contribution in [-0.4, -0.2) is 54.5 Å². The van der Waals surface area contributed by atoms with E-state index in [2.05, 4.69) is 32.7 Å². The number of likely N-dealkylation sites (N-methyl/N-ethyl adjacent to an activating group) is 1. The predicted octanol–water partition coefficient (Wildman–Crippen LogP) is 1.55. The molecule has 108 valence electrons. The normalized spacial score (nSPS) is 14.9. The molecule has 2 unspecified atom stereocenters. The fourth-order valence-electron chi connectivity index (χ4n) is 2.10. The number of carbonyl (C=O) groups excluding carboxylic acids is 1. The summed E-state index contributed by atoms with van der Waals surface area (Å²) in [4.78, 5) is 16.2. The molecule has 4 nitrogen and oxygen atoms in total. The molecule has 0 spiro atoms. The second-order valence-corrected chi connectivity index (χ2v) is 5.31. The molecule has 2 atom stereocenters. The Morgan fingerprint density at radius 3 is 2.00 bits per heavy atom. The summed E-state index contributed by atoms with van der Waals surface area (Å²) in [6, 6.07) is 0.568. The number of carbonyl (C=O) groups is 1. The van der Waals surface area contributed by atoms with Gasteiger partial charge in [-0.1, -0.05) is 13.8 Å². The Morgan fingerprint density at radius 1 is 1.17 bits per heavy atom. The Morgan fingerprint density at radius 2 is 1.67 bits per heavy atom. The van der Waals surface area contributed by atoms with E-state index >= 15 is 0 Å². The fourth-order valence-corrected chi connectivity index (χ4v) is 2.10. The summed E-state index contributed by atoms with van der Waals surface area (Å²) >= 11 is 0. The van der Waals surface area contributed by atoms with Crippen LogP contribution in [0.3, 0.4) is 0 Å². The highest BCUT2D eigenvalue weighted by molar-refractivity contribution is 5.76. The first kappa shape index (κ1) is 17.4. The SMILES string of the molecule is CCN(CC)C(=O)CC(CN)N(C)C(C)C(C)C. The minimum atomic E-state index is 0.135. The molecule has 0 saturated carbocycles. The average Bonchev–Trinajstić information content (AvgIpc) is 2.35. The molecule has 0 radical (unpaired) electrons. The van der Waals surface area contributed by atoms with E-state index in [1.54, 1.807) is 0 Å². The van der Waals surface area contributed by atoms with Crippen LogP contribution < -0.4 is 5.73 Å². The van der Waals surface area contributed by atoms with Crippen LogP contribution in [0.1, 0.15) is 41.0 Å². The van der Waals surface area contributed by atoms with Crippen LogP contribution in [0.2, 0.25) is 0 Å². The van der Waals surface area contributed by atoms with Gasteiger partial charge in [0.15, 0.2) is 0 Å². The second-order valence-electron chi connectivity index (χ2n) is 5.31. The Hall–Kier alpha value is -0.610. The number of hydrogen-bond acceptors (Lipinski definition) is 3. The van der Waals surface area contributed by atoms with Gasteiger partial charge in [0.1, 0.15) is 0 Å². The lowest BCUT2D eigenvalue weighted by atomic mass is 10.0.